The van der Waals surface area contributed by atoms with Crippen molar-refractivity contribution in [1.82, 2.24) is 5.43 Å². The van der Waals surface area contributed by atoms with Gasteiger partial charge < -0.3 is 14.8 Å². The fourth-order valence-electron chi connectivity index (χ4n) is 3.01. The van der Waals surface area contributed by atoms with Gasteiger partial charge in [0, 0.05) is 5.69 Å². The van der Waals surface area contributed by atoms with Gasteiger partial charge in [-0.3, -0.25) is 9.59 Å². The fourth-order valence-corrected chi connectivity index (χ4v) is 3.33. The Morgan fingerprint density at radius 3 is 2.40 bits per heavy atom. The number of aryl methyl sites for hydroxylation is 2. The molecule has 0 unspecified atom stereocenters. The number of nitrogens with one attached hydrogen (secondary N) is 2. The van der Waals surface area contributed by atoms with E-state index in [2.05, 4.69) is 15.8 Å². The minimum absolute atomic E-state index is 0.274. The highest BCUT2D eigenvalue weighted by atomic mass is 35.5. The summed E-state index contributed by atoms with van der Waals surface area (Å²) >= 11 is 12.0. The summed E-state index contributed by atoms with van der Waals surface area (Å²) in [7, 11) is 0. The monoisotopic (exact) mass is 513 g/mol. The molecule has 0 bridgehead atoms. The van der Waals surface area contributed by atoms with Crippen LogP contribution in [0.4, 0.5) is 5.69 Å². The first-order valence-corrected chi connectivity index (χ1v) is 11.6. The van der Waals surface area contributed by atoms with Gasteiger partial charge in [0.25, 0.3) is 0 Å². The largest absolute Gasteiger partial charge is 0.490 e. The topological polar surface area (TPSA) is 89.0 Å². The molecule has 0 atom stereocenters. The van der Waals surface area contributed by atoms with Gasteiger partial charge in [-0.1, -0.05) is 35.3 Å². The molecule has 2 amide bonds. The molecule has 0 radical (unpaired) electrons. The molecule has 3 rings (SSSR count). The molecule has 0 aromatic heterocycles. The Balaban J connectivity index is 1.60. The summed E-state index contributed by atoms with van der Waals surface area (Å²) in [5.41, 5.74) is 6.36. The zero-order chi connectivity index (χ0) is 25.4. The van der Waals surface area contributed by atoms with Gasteiger partial charge >= 0.3 is 11.8 Å². The van der Waals surface area contributed by atoms with E-state index in [4.69, 9.17) is 32.7 Å². The zero-order valence-corrected chi connectivity index (χ0v) is 21.0. The summed E-state index contributed by atoms with van der Waals surface area (Å²) in [6, 6.07) is 15.9. The molecule has 0 aliphatic rings. The number of hydrazone groups is 1. The normalized spacial score (nSPS) is 10.8. The Kier molecular flexibility index (Phi) is 9.11. The highest BCUT2D eigenvalue weighted by Crippen LogP contribution is 2.30. The molecule has 0 fully saturated rings. The third kappa shape index (κ3) is 7.47. The molecule has 0 aliphatic heterocycles. The number of amides is 2. The third-order valence-electron chi connectivity index (χ3n) is 5.00. The van der Waals surface area contributed by atoms with E-state index in [1.54, 1.807) is 42.5 Å². The number of rotatable bonds is 8. The number of anilines is 1. The van der Waals surface area contributed by atoms with Crippen LogP contribution in [0.1, 0.15) is 29.2 Å². The molecule has 3 aromatic carbocycles. The summed E-state index contributed by atoms with van der Waals surface area (Å²) < 4.78 is 11.6. The van der Waals surface area contributed by atoms with Crippen LogP contribution in [-0.2, 0) is 16.2 Å². The van der Waals surface area contributed by atoms with Crippen LogP contribution in [0.2, 0.25) is 10.0 Å². The van der Waals surface area contributed by atoms with Crippen molar-refractivity contribution in [3.8, 4) is 11.5 Å². The first-order valence-electron chi connectivity index (χ1n) is 10.8. The third-order valence-corrected chi connectivity index (χ3v) is 5.74. The molecule has 0 heterocycles. The van der Waals surface area contributed by atoms with Crippen LogP contribution < -0.4 is 20.2 Å². The smallest absolute Gasteiger partial charge is 0.329 e. The summed E-state index contributed by atoms with van der Waals surface area (Å²) in [6.07, 6.45) is 1.41. The number of benzene rings is 3. The molecule has 0 saturated heterocycles. The van der Waals surface area contributed by atoms with Crippen molar-refractivity contribution in [2.24, 2.45) is 5.10 Å². The summed E-state index contributed by atoms with van der Waals surface area (Å²) in [5.74, 6) is -0.653. The Bertz CT molecular complexity index is 1260. The highest BCUT2D eigenvalue weighted by molar-refractivity contribution is 6.42. The van der Waals surface area contributed by atoms with Crippen LogP contribution in [0.15, 0.2) is 59.7 Å². The number of hydrogen-bond donors (Lipinski definition) is 2. The molecule has 0 saturated carbocycles. The van der Waals surface area contributed by atoms with Crippen LogP contribution in [0.5, 0.6) is 11.5 Å². The van der Waals surface area contributed by atoms with Gasteiger partial charge in [-0.15, -0.1) is 0 Å². The predicted octanol–water partition coefficient (Wildman–Crippen LogP) is 5.68. The van der Waals surface area contributed by atoms with Crippen LogP contribution in [0, 0.1) is 13.8 Å². The van der Waals surface area contributed by atoms with Gasteiger partial charge in [0.05, 0.1) is 22.9 Å². The second-order valence-corrected chi connectivity index (χ2v) is 8.44. The molecule has 3 aromatic rings. The van der Waals surface area contributed by atoms with Gasteiger partial charge in [0.15, 0.2) is 11.5 Å². The first-order chi connectivity index (χ1) is 16.8. The van der Waals surface area contributed by atoms with E-state index in [9.17, 15) is 9.59 Å². The fraction of sp³-hybridized carbons (Fsp3) is 0.192. The Hall–Kier alpha value is -3.55. The highest BCUT2D eigenvalue weighted by Gasteiger charge is 2.13. The minimum Gasteiger partial charge on any atom is -0.490 e. The predicted molar refractivity (Wildman–Crippen MR) is 139 cm³/mol. The molecule has 0 spiro atoms. The summed E-state index contributed by atoms with van der Waals surface area (Å²) in [5, 5.41) is 7.35. The quantitative estimate of drug-likeness (QED) is 0.230. The maximum atomic E-state index is 12.1. The van der Waals surface area contributed by atoms with E-state index >= 15 is 0 Å². The SMILES string of the molecule is CCOc1cc(/C=N\NC(=O)C(=O)Nc2ccc(C)c(C)c2)ccc1OCc1ccc(Cl)c(Cl)c1. The number of halogens is 2. The average molecular weight is 514 g/mol. The van der Waals surface area contributed by atoms with Crippen LogP contribution >= 0.6 is 23.2 Å². The van der Waals surface area contributed by atoms with Crippen molar-refractivity contribution < 1.29 is 19.1 Å². The Morgan fingerprint density at radius 1 is 0.886 bits per heavy atom. The van der Waals surface area contributed by atoms with E-state index in [1.165, 1.54) is 6.21 Å². The number of hydrogen-bond acceptors (Lipinski definition) is 5. The van der Waals surface area contributed by atoms with E-state index in [0.717, 1.165) is 16.7 Å². The van der Waals surface area contributed by atoms with Gasteiger partial charge in [-0.2, -0.15) is 5.10 Å². The number of carbonyl (C=O) groups is 2. The van der Waals surface area contributed by atoms with E-state index in [-0.39, 0.29) is 6.61 Å². The van der Waals surface area contributed by atoms with Crippen LogP contribution in [0.25, 0.3) is 0 Å². The molecular formula is C26H25Cl2N3O4. The molecular weight excluding hydrogens is 489 g/mol. The van der Waals surface area contributed by atoms with Crippen molar-refractivity contribution in [1.29, 1.82) is 0 Å². The standard InChI is InChI=1S/C26H25Cl2N3O4/c1-4-34-24-13-18(7-10-23(24)35-15-19-6-9-21(27)22(28)12-19)14-29-31-26(33)25(32)30-20-8-5-16(2)17(3)11-20/h5-14H,4,15H2,1-3H3,(H,30,32)(H,31,33)/b29-14-. The van der Waals surface area contributed by atoms with Crippen LogP contribution in [-0.4, -0.2) is 24.6 Å². The average Bonchev–Trinajstić information content (AvgIpc) is 2.83. The summed E-state index contributed by atoms with van der Waals surface area (Å²) in [4.78, 5) is 24.2. The minimum atomic E-state index is -0.883. The van der Waals surface area contributed by atoms with Crippen molar-refractivity contribution in [2.75, 3.05) is 11.9 Å². The Morgan fingerprint density at radius 2 is 1.69 bits per heavy atom. The van der Waals surface area contributed by atoms with Crippen molar-refractivity contribution in [3.63, 3.8) is 0 Å². The zero-order valence-electron chi connectivity index (χ0n) is 19.5. The van der Waals surface area contributed by atoms with Crippen molar-refractivity contribution in [2.45, 2.75) is 27.4 Å². The molecule has 2 N–H and O–H groups in total. The van der Waals surface area contributed by atoms with E-state index < -0.39 is 11.8 Å². The second kappa shape index (κ2) is 12.2. The van der Waals surface area contributed by atoms with Gasteiger partial charge in [0.2, 0.25) is 0 Å². The van der Waals surface area contributed by atoms with Gasteiger partial charge in [-0.25, -0.2) is 5.43 Å². The molecule has 7 nitrogen and oxygen atoms in total. The first kappa shape index (κ1) is 26.1. The van der Waals surface area contributed by atoms with Gasteiger partial charge in [0.1, 0.15) is 6.61 Å². The second-order valence-electron chi connectivity index (χ2n) is 7.63. The summed E-state index contributed by atoms with van der Waals surface area (Å²) in [6.45, 7) is 6.45. The molecule has 0 aliphatic carbocycles. The number of carbonyl (C=O) groups excluding carboxylic acids is 2. The number of nitrogens with zero attached hydrogens (tertiary/aromatic N) is 1. The molecule has 9 heteroatoms. The van der Waals surface area contributed by atoms with E-state index in [1.807, 2.05) is 32.9 Å². The van der Waals surface area contributed by atoms with Crippen molar-refractivity contribution in [3.05, 3.63) is 86.9 Å². The Labute approximate surface area is 214 Å². The van der Waals surface area contributed by atoms with Gasteiger partial charge in [-0.05, 0) is 85.5 Å². The van der Waals surface area contributed by atoms with E-state index in [0.29, 0.717) is 39.4 Å². The maximum Gasteiger partial charge on any atom is 0.329 e. The molecule has 182 valence electrons. The lowest BCUT2D eigenvalue weighted by atomic mass is 10.1. The lowest BCUT2D eigenvalue weighted by Gasteiger charge is -2.13. The molecule has 35 heavy (non-hydrogen) atoms. The van der Waals surface area contributed by atoms with Crippen molar-refractivity contribution >= 4 is 46.9 Å². The lowest BCUT2D eigenvalue weighted by molar-refractivity contribution is -0.136. The number of ether oxygens (including phenoxy) is 2. The lowest BCUT2D eigenvalue weighted by Crippen LogP contribution is -2.32. The van der Waals surface area contributed by atoms with Crippen LogP contribution in [0.3, 0.4) is 0 Å². The maximum absolute atomic E-state index is 12.1.